The van der Waals surface area contributed by atoms with E-state index in [1.54, 1.807) is 29.7 Å². The van der Waals surface area contributed by atoms with Gasteiger partial charge in [-0.05, 0) is 35.9 Å². The Bertz CT molecular complexity index is 1090. The normalized spacial score (nSPS) is 11.0. The van der Waals surface area contributed by atoms with Crippen molar-refractivity contribution >= 4 is 39.2 Å². The molecule has 4 aromatic rings. The Labute approximate surface area is 164 Å². The molecule has 0 bridgehead atoms. The summed E-state index contributed by atoms with van der Waals surface area (Å²) in [4.78, 5) is 16.9. The molecule has 7 heteroatoms. The van der Waals surface area contributed by atoms with Gasteiger partial charge < -0.3 is 9.26 Å². The topological polar surface area (TPSA) is 65.2 Å². The van der Waals surface area contributed by atoms with Gasteiger partial charge in [0.25, 0.3) is 0 Å². The summed E-state index contributed by atoms with van der Waals surface area (Å²) in [5.41, 5.74) is 2.29. The lowest BCUT2D eigenvalue weighted by Crippen LogP contribution is -2.07. The van der Waals surface area contributed by atoms with Crippen LogP contribution in [0.5, 0.6) is 0 Å². The summed E-state index contributed by atoms with van der Waals surface area (Å²) < 4.78 is 11.8. The van der Waals surface area contributed by atoms with Crippen molar-refractivity contribution in [3.63, 3.8) is 0 Å². The van der Waals surface area contributed by atoms with Crippen LogP contribution in [-0.2, 0) is 17.1 Å². The highest BCUT2D eigenvalue weighted by Gasteiger charge is 2.16. The van der Waals surface area contributed by atoms with E-state index in [9.17, 15) is 4.79 Å². The predicted octanol–water partition coefficient (Wildman–Crippen LogP) is 5.24. The molecule has 27 heavy (non-hydrogen) atoms. The molecule has 0 fully saturated rings. The van der Waals surface area contributed by atoms with Crippen molar-refractivity contribution in [2.75, 3.05) is 0 Å². The lowest BCUT2D eigenvalue weighted by molar-refractivity contribution is 0.0469. The number of ether oxygens (including phenoxy) is 1. The van der Waals surface area contributed by atoms with Crippen molar-refractivity contribution in [2.24, 2.45) is 0 Å². The van der Waals surface area contributed by atoms with E-state index in [-0.39, 0.29) is 12.6 Å². The summed E-state index contributed by atoms with van der Waals surface area (Å²) in [5.74, 6) is 0.954. The highest BCUT2D eigenvalue weighted by Crippen LogP contribution is 2.28. The SMILES string of the molecule is Cc1cc(CSc2ncccc2C(=O)OCc2csc3ccccc23)no1. The maximum Gasteiger partial charge on any atom is 0.341 e. The van der Waals surface area contributed by atoms with Crippen LogP contribution < -0.4 is 0 Å². The number of thiophene rings is 1. The quantitative estimate of drug-likeness (QED) is 0.328. The minimum Gasteiger partial charge on any atom is -0.457 e. The van der Waals surface area contributed by atoms with Gasteiger partial charge in [-0.1, -0.05) is 35.1 Å². The molecule has 0 spiro atoms. The summed E-state index contributed by atoms with van der Waals surface area (Å²) in [7, 11) is 0. The summed E-state index contributed by atoms with van der Waals surface area (Å²) in [6.45, 7) is 2.09. The number of hydrogen-bond donors (Lipinski definition) is 0. The molecule has 0 saturated heterocycles. The molecule has 0 atom stereocenters. The van der Waals surface area contributed by atoms with Gasteiger partial charge in [0, 0.05) is 28.3 Å². The number of pyridine rings is 1. The Morgan fingerprint density at radius 3 is 3.00 bits per heavy atom. The van der Waals surface area contributed by atoms with Crippen molar-refractivity contribution in [1.82, 2.24) is 10.1 Å². The molecule has 0 radical (unpaired) electrons. The van der Waals surface area contributed by atoms with Gasteiger partial charge in [-0.15, -0.1) is 11.3 Å². The van der Waals surface area contributed by atoms with Gasteiger partial charge in [0.1, 0.15) is 17.4 Å². The summed E-state index contributed by atoms with van der Waals surface area (Å²) >= 11 is 3.08. The van der Waals surface area contributed by atoms with Gasteiger partial charge in [-0.25, -0.2) is 9.78 Å². The van der Waals surface area contributed by atoms with E-state index in [2.05, 4.69) is 16.2 Å². The summed E-state index contributed by atoms with van der Waals surface area (Å²) in [6.07, 6.45) is 1.67. The van der Waals surface area contributed by atoms with Crippen molar-refractivity contribution < 1.29 is 14.1 Å². The second-order valence-electron chi connectivity index (χ2n) is 5.91. The number of hydrogen-bond acceptors (Lipinski definition) is 7. The smallest absolute Gasteiger partial charge is 0.341 e. The molecule has 4 rings (SSSR count). The largest absolute Gasteiger partial charge is 0.457 e. The number of thioether (sulfide) groups is 1. The maximum atomic E-state index is 12.6. The van der Waals surface area contributed by atoms with Crippen LogP contribution in [0.15, 0.2) is 63.6 Å². The molecule has 0 N–H and O–H groups in total. The Morgan fingerprint density at radius 2 is 2.15 bits per heavy atom. The summed E-state index contributed by atoms with van der Waals surface area (Å²) in [5, 5.41) is 7.74. The van der Waals surface area contributed by atoms with E-state index in [1.807, 2.05) is 36.6 Å². The average Bonchev–Trinajstić information content (AvgIpc) is 3.30. The molecule has 1 aromatic carbocycles. The second kappa shape index (κ2) is 7.94. The molecule has 0 saturated carbocycles. The lowest BCUT2D eigenvalue weighted by Gasteiger charge is -2.08. The van der Waals surface area contributed by atoms with Gasteiger partial charge >= 0.3 is 5.97 Å². The number of aryl methyl sites for hydroxylation is 1. The fourth-order valence-electron chi connectivity index (χ4n) is 2.66. The zero-order valence-corrected chi connectivity index (χ0v) is 16.2. The zero-order valence-electron chi connectivity index (χ0n) is 14.5. The number of carbonyl (C=O) groups is 1. The lowest BCUT2D eigenvalue weighted by atomic mass is 10.2. The molecule has 0 aliphatic heterocycles. The van der Waals surface area contributed by atoms with Crippen LogP contribution in [0, 0.1) is 6.92 Å². The van der Waals surface area contributed by atoms with Gasteiger partial charge in [0.2, 0.25) is 0 Å². The average molecular weight is 396 g/mol. The van der Waals surface area contributed by atoms with E-state index >= 15 is 0 Å². The van der Waals surface area contributed by atoms with Crippen molar-refractivity contribution in [1.29, 1.82) is 0 Å². The molecule has 5 nitrogen and oxygen atoms in total. The molecule has 0 unspecified atom stereocenters. The first kappa shape index (κ1) is 17.8. The zero-order chi connectivity index (χ0) is 18.6. The molecule has 0 aliphatic carbocycles. The Hall–Kier alpha value is -2.64. The van der Waals surface area contributed by atoms with Gasteiger partial charge in [-0.2, -0.15) is 0 Å². The molecule has 136 valence electrons. The Balaban J connectivity index is 1.45. The van der Waals surface area contributed by atoms with Crippen molar-refractivity contribution in [2.45, 2.75) is 24.3 Å². The van der Waals surface area contributed by atoms with Crippen LogP contribution in [0.3, 0.4) is 0 Å². The third kappa shape index (κ3) is 4.04. The minimum atomic E-state index is -0.378. The van der Waals surface area contributed by atoms with Gasteiger partial charge in [-0.3, -0.25) is 0 Å². The first-order valence-corrected chi connectivity index (χ1v) is 10.2. The minimum absolute atomic E-state index is 0.240. The van der Waals surface area contributed by atoms with E-state index in [0.29, 0.717) is 16.3 Å². The number of aromatic nitrogens is 2. The van der Waals surface area contributed by atoms with Crippen molar-refractivity contribution in [3.05, 3.63) is 76.6 Å². The van der Waals surface area contributed by atoms with Crippen LogP contribution in [0.4, 0.5) is 0 Å². The molecular formula is C20H16N2O3S2. The number of esters is 1. The first-order chi connectivity index (χ1) is 13.2. The van der Waals surface area contributed by atoms with Crippen LogP contribution >= 0.6 is 23.1 Å². The summed E-state index contributed by atoms with van der Waals surface area (Å²) in [6, 6.07) is 13.4. The number of fused-ring (bicyclic) bond motifs is 1. The van der Waals surface area contributed by atoms with E-state index in [4.69, 9.17) is 9.26 Å². The van der Waals surface area contributed by atoms with E-state index in [1.165, 1.54) is 16.5 Å². The molecular weight excluding hydrogens is 380 g/mol. The van der Waals surface area contributed by atoms with Gasteiger partial charge in [0.15, 0.2) is 0 Å². The van der Waals surface area contributed by atoms with Crippen LogP contribution in [0.25, 0.3) is 10.1 Å². The molecule has 0 amide bonds. The van der Waals surface area contributed by atoms with Crippen LogP contribution in [0.1, 0.15) is 27.4 Å². The Morgan fingerprint density at radius 1 is 1.26 bits per heavy atom. The van der Waals surface area contributed by atoms with E-state index < -0.39 is 0 Å². The highest BCUT2D eigenvalue weighted by molar-refractivity contribution is 7.98. The van der Waals surface area contributed by atoms with Crippen LogP contribution in [0.2, 0.25) is 0 Å². The molecule has 3 heterocycles. The van der Waals surface area contributed by atoms with Gasteiger partial charge in [0.05, 0.1) is 11.3 Å². The fraction of sp³-hybridized carbons (Fsp3) is 0.150. The molecule has 0 aliphatic rings. The van der Waals surface area contributed by atoms with Crippen molar-refractivity contribution in [3.8, 4) is 0 Å². The van der Waals surface area contributed by atoms with Crippen LogP contribution in [-0.4, -0.2) is 16.1 Å². The number of benzene rings is 1. The first-order valence-electron chi connectivity index (χ1n) is 8.33. The predicted molar refractivity (Wildman–Crippen MR) is 106 cm³/mol. The fourth-order valence-corrected chi connectivity index (χ4v) is 4.47. The monoisotopic (exact) mass is 396 g/mol. The third-order valence-electron chi connectivity index (χ3n) is 3.94. The Kier molecular flexibility index (Phi) is 5.22. The number of rotatable bonds is 6. The highest BCUT2D eigenvalue weighted by atomic mass is 32.2. The number of carbonyl (C=O) groups excluding carboxylic acids is 1. The third-order valence-corrected chi connectivity index (χ3v) is 6.00. The van der Waals surface area contributed by atoms with E-state index in [0.717, 1.165) is 22.4 Å². The maximum absolute atomic E-state index is 12.6. The second-order valence-corrected chi connectivity index (χ2v) is 7.78. The standard InChI is InChI=1S/C20H16N2O3S2/c1-13-9-15(22-25-13)12-27-19-17(6-4-8-21-19)20(23)24-10-14-11-26-18-7-3-2-5-16(14)18/h2-9,11H,10,12H2,1H3. The number of nitrogens with zero attached hydrogens (tertiary/aromatic N) is 2. The molecule has 3 aromatic heterocycles.